The standard InChI is InChI=1S/C56H52O10S2/c1-29-10-46-53(67-29)49-33(28-59)16-44-45(51(49)55(46,34-12-31(26-57)14-38(17-34)60-3)36-19-40(62-5)23-41(20-36)63-6)25-48(66-9)50-52(44)56(47-11-30(2)68-54(47)50,35-13-32(27-58)15-39(18-35)61-4)37-21-42(64-7)24-43(22-37)65-8/h10-25,57-59H,26-28H2,1-9H3. The third-order valence-electron chi connectivity index (χ3n) is 13.8. The fourth-order valence-electron chi connectivity index (χ4n) is 11.1. The lowest BCUT2D eigenvalue weighted by Crippen LogP contribution is -2.31. The minimum absolute atomic E-state index is 0.226. The third kappa shape index (κ3) is 6.45. The van der Waals surface area contributed by atoms with Crippen LogP contribution in [0.4, 0.5) is 0 Å². The fraction of sp³-hybridized carbons (Fsp3) is 0.250. The molecule has 348 valence electrons. The third-order valence-corrected chi connectivity index (χ3v) is 15.9. The highest BCUT2D eigenvalue weighted by molar-refractivity contribution is 7.16. The Morgan fingerprint density at radius 2 is 0.765 bits per heavy atom. The molecule has 12 heteroatoms. The van der Waals surface area contributed by atoms with Crippen LogP contribution in [0.5, 0.6) is 40.2 Å². The topological polar surface area (TPSA) is 125 Å². The van der Waals surface area contributed by atoms with Crippen LogP contribution < -0.4 is 33.2 Å². The SMILES string of the molecule is COc1cc(CO)cc(C2(c3cc(OC)cc(OC)c3)c3cc(C)sc3-c3c(CO)cc4c5c(c(OC)cc4c32)-c2sc(C)cc2C5(c2cc(CO)cc(OC)c2)c2cc(OC)cc(OC)c2)c1. The summed E-state index contributed by atoms with van der Waals surface area (Å²) in [7, 11) is 11.6. The summed E-state index contributed by atoms with van der Waals surface area (Å²) in [6.07, 6.45) is 0. The molecule has 0 saturated carbocycles. The number of methoxy groups -OCH3 is 7. The summed E-state index contributed by atoms with van der Waals surface area (Å²) in [6.45, 7) is 3.48. The van der Waals surface area contributed by atoms with E-state index < -0.39 is 10.8 Å². The number of hydrogen-bond acceptors (Lipinski definition) is 12. The van der Waals surface area contributed by atoms with Crippen LogP contribution in [-0.2, 0) is 30.7 Å². The quantitative estimate of drug-likeness (QED) is 0.0970. The van der Waals surface area contributed by atoms with Gasteiger partial charge in [-0.3, -0.25) is 0 Å². The highest BCUT2D eigenvalue weighted by Gasteiger charge is 2.54. The van der Waals surface area contributed by atoms with Crippen LogP contribution in [0.1, 0.15) is 71.0 Å². The molecule has 10 nitrogen and oxygen atoms in total. The Morgan fingerprint density at radius 3 is 1.15 bits per heavy atom. The molecule has 0 bridgehead atoms. The summed E-state index contributed by atoms with van der Waals surface area (Å²) in [5.41, 5.74) is 8.87. The van der Waals surface area contributed by atoms with Gasteiger partial charge in [0.05, 0.1) is 80.4 Å². The van der Waals surface area contributed by atoms with Crippen molar-refractivity contribution in [3.8, 4) is 61.1 Å². The first-order chi connectivity index (χ1) is 33.0. The predicted octanol–water partition coefficient (Wildman–Crippen LogP) is 10.8. The number of hydrogen-bond donors (Lipinski definition) is 3. The van der Waals surface area contributed by atoms with Crippen LogP contribution in [0.2, 0.25) is 0 Å². The normalized spacial score (nSPS) is 16.5. The van der Waals surface area contributed by atoms with E-state index in [1.54, 1.807) is 72.4 Å². The fourth-order valence-corrected chi connectivity index (χ4v) is 13.4. The van der Waals surface area contributed by atoms with Crippen molar-refractivity contribution in [2.75, 3.05) is 49.8 Å². The Morgan fingerprint density at radius 1 is 0.397 bits per heavy atom. The molecule has 3 N–H and O–H groups in total. The van der Waals surface area contributed by atoms with Crippen molar-refractivity contribution in [1.82, 2.24) is 0 Å². The zero-order valence-electron chi connectivity index (χ0n) is 39.4. The van der Waals surface area contributed by atoms with E-state index in [0.717, 1.165) is 91.5 Å². The van der Waals surface area contributed by atoms with Crippen LogP contribution in [0.3, 0.4) is 0 Å². The molecule has 0 spiro atoms. The van der Waals surface area contributed by atoms with Crippen LogP contribution in [0.15, 0.2) is 97.1 Å². The molecule has 2 atom stereocenters. The molecule has 2 unspecified atom stereocenters. The molecular weight excluding hydrogens is 897 g/mol. The Bertz CT molecular complexity index is 2890. The van der Waals surface area contributed by atoms with E-state index in [9.17, 15) is 15.3 Å². The Hall–Kier alpha value is -6.54. The molecule has 8 aromatic rings. The second kappa shape index (κ2) is 17.2. The molecule has 2 aliphatic carbocycles. The molecular formula is C56H52O10S2. The maximum absolute atomic E-state index is 11.9. The van der Waals surface area contributed by atoms with Gasteiger partial charge in [-0.05, 0) is 159 Å². The van der Waals surface area contributed by atoms with Crippen LogP contribution >= 0.6 is 22.7 Å². The Balaban J connectivity index is 1.50. The van der Waals surface area contributed by atoms with Crippen LogP contribution in [0.25, 0.3) is 31.7 Å². The lowest BCUT2D eigenvalue weighted by Gasteiger charge is -2.37. The number of aryl methyl sites for hydroxylation is 2. The van der Waals surface area contributed by atoms with Crippen molar-refractivity contribution < 1.29 is 48.5 Å². The van der Waals surface area contributed by atoms with Crippen molar-refractivity contribution in [2.24, 2.45) is 0 Å². The van der Waals surface area contributed by atoms with Gasteiger partial charge in [-0.15, -0.1) is 22.7 Å². The first-order valence-corrected chi connectivity index (χ1v) is 23.7. The molecule has 0 amide bonds. The Kier molecular flexibility index (Phi) is 11.5. The van der Waals surface area contributed by atoms with Gasteiger partial charge in [-0.2, -0.15) is 0 Å². The summed E-state index contributed by atoms with van der Waals surface area (Å²) < 4.78 is 42.8. The number of fused-ring (bicyclic) bond motifs is 9. The zero-order chi connectivity index (χ0) is 47.8. The van der Waals surface area contributed by atoms with E-state index >= 15 is 0 Å². The number of aliphatic hydroxyl groups excluding tert-OH is 3. The minimum atomic E-state index is -1.12. The first kappa shape index (κ1) is 45.3. The Labute approximate surface area is 403 Å². The molecule has 6 aromatic carbocycles. The zero-order valence-corrected chi connectivity index (χ0v) is 41.0. The molecule has 0 saturated heterocycles. The van der Waals surface area contributed by atoms with E-state index in [2.05, 4.69) is 50.2 Å². The molecule has 0 fully saturated rings. The molecule has 0 aliphatic heterocycles. The lowest BCUT2D eigenvalue weighted by molar-refractivity contribution is 0.280. The highest BCUT2D eigenvalue weighted by Crippen LogP contribution is 2.67. The van der Waals surface area contributed by atoms with Gasteiger partial charge >= 0.3 is 0 Å². The second-order valence-corrected chi connectivity index (χ2v) is 19.7. The van der Waals surface area contributed by atoms with Crippen molar-refractivity contribution >= 4 is 33.4 Å². The van der Waals surface area contributed by atoms with Gasteiger partial charge in [-0.25, -0.2) is 0 Å². The summed E-state index contributed by atoms with van der Waals surface area (Å²) in [5.74, 6) is 4.19. The van der Waals surface area contributed by atoms with Gasteiger partial charge in [0.1, 0.15) is 40.2 Å². The number of rotatable bonds is 14. The lowest BCUT2D eigenvalue weighted by atomic mass is 9.64. The van der Waals surface area contributed by atoms with Crippen molar-refractivity contribution in [1.29, 1.82) is 0 Å². The van der Waals surface area contributed by atoms with Crippen molar-refractivity contribution in [3.05, 3.63) is 168 Å². The molecule has 68 heavy (non-hydrogen) atoms. The van der Waals surface area contributed by atoms with Gasteiger partial charge in [0.25, 0.3) is 0 Å². The van der Waals surface area contributed by atoms with Crippen LogP contribution in [-0.4, -0.2) is 65.1 Å². The smallest absolute Gasteiger partial charge is 0.128 e. The maximum Gasteiger partial charge on any atom is 0.128 e. The van der Waals surface area contributed by atoms with Crippen molar-refractivity contribution in [3.63, 3.8) is 0 Å². The predicted molar refractivity (Wildman–Crippen MR) is 267 cm³/mol. The molecule has 10 rings (SSSR count). The average molecular weight is 949 g/mol. The van der Waals surface area contributed by atoms with E-state index in [1.807, 2.05) is 60.7 Å². The van der Waals surface area contributed by atoms with Gasteiger partial charge in [-0.1, -0.05) is 12.1 Å². The second-order valence-electron chi connectivity index (χ2n) is 17.2. The van der Waals surface area contributed by atoms with Crippen LogP contribution in [0, 0.1) is 13.8 Å². The molecule has 2 aliphatic rings. The monoisotopic (exact) mass is 948 g/mol. The number of aliphatic hydroxyl groups is 3. The van der Waals surface area contributed by atoms with E-state index in [0.29, 0.717) is 51.4 Å². The van der Waals surface area contributed by atoms with Gasteiger partial charge in [0.2, 0.25) is 0 Å². The van der Waals surface area contributed by atoms with Gasteiger partial charge < -0.3 is 48.5 Å². The molecule has 2 heterocycles. The number of benzene rings is 6. The van der Waals surface area contributed by atoms with E-state index in [4.69, 9.17) is 33.2 Å². The maximum atomic E-state index is 11.9. The number of thiophene rings is 2. The highest BCUT2D eigenvalue weighted by atomic mass is 32.1. The van der Waals surface area contributed by atoms with Gasteiger partial charge in [0, 0.05) is 42.8 Å². The molecule has 0 radical (unpaired) electrons. The van der Waals surface area contributed by atoms with E-state index in [-0.39, 0.29) is 19.8 Å². The van der Waals surface area contributed by atoms with Gasteiger partial charge in [0.15, 0.2) is 0 Å². The number of ether oxygens (including phenoxy) is 7. The summed E-state index contributed by atoms with van der Waals surface area (Å²) in [6, 6.07) is 32.6. The van der Waals surface area contributed by atoms with E-state index in [1.165, 1.54) is 0 Å². The first-order valence-electron chi connectivity index (χ1n) is 22.1. The summed E-state index contributed by atoms with van der Waals surface area (Å²) >= 11 is 3.37. The molecule has 2 aromatic heterocycles. The summed E-state index contributed by atoms with van der Waals surface area (Å²) in [5, 5.41) is 35.4. The minimum Gasteiger partial charge on any atom is -0.497 e. The largest absolute Gasteiger partial charge is 0.497 e. The average Bonchev–Trinajstić information content (AvgIpc) is 4.11. The summed E-state index contributed by atoms with van der Waals surface area (Å²) in [4.78, 5) is 4.22. The van der Waals surface area contributed by atoms with Crippen molar-refractivity contribution in [2.45, 2.75) is 44.5 Å².